The number of aryl methyl sites for hydroxylation is 1. The number of hydrogen-bond acceptors (Lipinski definition) is 5. The first-order chi connectivity index (χ1) is 17.9. The van der Waals surface area contributed by atoms with Crippen molar-refractivity contribution in [1.82, 2.24) is 9.78 Å². The minimum atomic E-state index is -0.454. The van der Waals surface area contributed by atoms with Gasteiger partial charge >= 0.3 is 5.97 Å². The van der Waals surface area contributed by atoms with Crippen molar-refractivity contribution in [2.75, 3.05) is 6.61 Å². The summed E-state index contributed by atoms with van der Waals surface area (Å²) in [5, 5.41) is 16.8. The van der Waals surface area contributed by atoms with Gasteiger partial charge in [0.25, 0.3) is 5.69 Å². The van der Waals surface area contributed by atoms with Crippen molar-refractivity contribution in [3.05, 3.63) is 110 Å². The molecule has 0 fully saturated rings. The highest BCUT2D eigenvalue weighted by Crippen LogP contribution is 2.31. The fraction of sp³-hybridized carbons (Fsp3) is 0.241. The Labute approximate surface area is 220 Å². The zero-order valence-corrected chi connectivity index (χ0v) is 21.6. The Hall–Kier alpha value is -3.97. The van der Waals surface area contributed by atoms with Crippen LogP contribution < -0.4 is 0 Å². The van der Waals surface area contributed by atoms with Gasteiger partial charge in [-0.2, -0.15) is 5.10 Å². The standard InChI is InChI=1S/C29H28ClN3O4/c1-3-5-12-25-23(28(29(34)37-4-2)32(31-25)27-14-9-7-11-24(27)30)19-20-15-17-21(18-16-20)22-10-6-8-13-26(22)33(35)36/h6-11,13-18H,3-5,12,19H2,1-2H3. The maximum atomic E-state index is 13.2. The number of hydrogen-bond donors (Lipinski definition) is 0. The van der Waals surface area contributed by atoms with Crippen molar-refractivity contribution in [2.45, 2.75) is 39.5 Å². The summed E-state index contributed by atoms with van der Waals surface area (Å²) in [6.07, 6.45) is 3.07. The van der Waals surface area contributed by atoms with E-state index in [1.165, 1.54) is 6.07 Å². The molecule has 0 N–H and O–H groups in total. The van der Waals surface area contributed by atoms with Gasteiger partial charge in [0.2, 0.25) is 0 Å². The lowest BCUT2D eigenvalue weighted by atomic mass is 9.97. The van der Waals surface area contributed by atoms with Gasteiger partial charge in [-0.3, -0.25) is 10.1 Å². The number of nitrogens with zero attached hydrogens (tertiary/aromatic N) is 3. The van der Waals surface area contributed by atoms with E-state index in [2.05, 4.69) is 6.92 Å². The van der Waals surface area contributed by atoms with Gasteiger partial charge in [-0.25, -0.2) is 9.48 Å². The molecular formula is C29H28ClN3O4. The summed E-state index contributed by atoms with van der Waals surface area (Å²) in [5.41, 5.74) is 4.91. The Balaban J connectivity index is 1.78. The SMILES string of the molecule is CCCCc1nn(-c2ccccc2Cl)c(C(=O)OCC)c1Cc1ccc(-c2ccccc2[N+](=O)[O-])cc1. The largest absolute Gasteiger partial charge is 0.461 e. The van der Waals surface area contributed by atoms with Crippen LogP contribution in [0.3, 0.4) is 0 Å². The Morgan fingerprint density at radius 2 is 1.73 bits per heavy atom. The predicted octanol–water partition coefficient (Wildman–Crippen LogP) is 7.21. The van der Waals surface area contributed by atoms with Crippen molar-refractivity contribution in [2.24, 2.45) is 0 Å². The molecule has 0 unspecified atom stereocenters. The minimum Gasteiger partial charge on any atom is -0.461 e. The van der Waals surface area contributed by atoms with Gasteiger partial charge in [0, 0.05) is 18.1 Å². The number of para-hydroxylation sites is 2. The quantitative estimate of drug-likeness (QED) is 0.126. The fourth-order valence-electron chi connectivity index (χ4n) is 4.32. The number of nitro benzene ring substituents is 1. The molecule has 8 heteroatoms. The van der Waals surface area contributed by atoms with Crippen LogP contribution in [0, 0.1) is 10.1 Å². The van der Waals surface area contributed by atoms with Crippen LogP contribution in [-0.2, 0) is 17.6 Å². The lowest BCUT2D eigenvalue weighted by molar-refractivity contribution is -0.384. The van der Waals surface area contributed by atoms with Crippen LogP contribution in [0.15, 0.2) is 72.8 Å². The molecule has 0 amide bonds. The zero-order chi connectivity index (χ0) is 26.4. The van der Waals surface area contributed by atoms with Crippen molar-refractivity contribution < 1.29 is 14.5 Å². The summed E-state index contributed by atoms with van der Waals surface area (Å²) in [4.78, 5) is 24.3. The van der Waals surface area contributed by atoms with E-state index in [4.69, 9.17) is 21.4 Å². The molecule has 190 valence electrons. The molecule has 3 aromatic carbocycles. The Morgan fingerprint density at radius 3 is 2.41 bits per heavy atom. The number of esters is 1. The average molecular weight is 518 g/mol. The van der Waals surface area contributed by atoms with E-state index in [1.54, 1.807) is 35.9 Å². The van der Waals surface area contributed by atoms with Crippen molar-refractivity contribution >= 4 is 23.3 Å². The molecule has 0 bridgehead atoms. The van der Waals surface area contributed by atoms with Gasteiger partial charge in [-0.05, 0) is 49.1 Å². The highest BCUT2D eigenvalue weighted by atomic mass is 35.5. The normalized spacial score (nSPS) is 10.9. The Bertz CT molecular complexity index is 1410. The first-order valence-electron chi connectivity index (χ1n) is 12.3. The van der Waals surface area contributed by atoms with Crippen LogP contribution in [0.2, 0.25) is 5.02 Å². The van der Waals surface area contributed by atoms with Gasteiger partial charge in [-0.15, -0.1) is 0 Å². The molecule has 0 aliphatic carbocycles. The average Bonchev–Trinajstić information content (AvgIpc) is 3.26. The predicted molar refractivity (Wildman–Crippen MR) is 144 cm³/mol. The van der Waals surface area contributed by atoms with Crippen LogP contribution in [-0.4, -0.2) is 27.3 Å². The summed E-state index contributed by atoms with van der Waals surface area (Å²) in [6, 6.07) is 21.5. The van der Waals surface area contributed by atoms with Crippen molar-refractivity contribution in [3.63, 3.8) is 0 Å². The molecule has 0 aliphatic rings. The lowest BCUT2D eigenvalue weighted by Gasteiger charge is -2.11. The van der Waals surface area contributed by atoms with Gasteiger partial charge in [0.05, 0.1) is 33.5 Å². The molecule has 0 aliphatic heterocycles. The summed E-state index contributed by atoms with van der Waals surface area (Å²) in [6.45, 7) is 4.12. The molecule has 7 nitrogen and oxygen atoms in total. The van der Waals surface area contributed by atoms with E-state index in [1.807, 2.05) is 42.5 Å². The highest BCUT2D eigenvalue weighted by molar-refractivity contribution is 6.32. The number of carbonyl (C=O) groups excluding carboxylic acids is 1. The van der Waals surface area contributed by atoms with E-state index in [-0.39, 0.29) is 17.2 Å². The van der Waals surface area contributed by atoms with Crippen LogP contribution >= 0.6 is 11.6 Å². The van der Waals surface area contributed by atoms with Crippen LogP contribution in [0.5, 0.6) is 0 Å². The number of ether oxygens (including phenoxy) is 1. The topological polar surface area (TPSA) is 87.3 Å². The van der Waals surface area contributed by atoms with Gasteiger partial charge in [0.15, 0.2) is 5.69 Å². The molecule has 1 heterocycles. The molecule has 0 radical (unpaired) electrons. The van der Waals surface area contributed by atoms with Gasteiger partial charge in [-0.1, -0.05) is 73.5 Å². The van der Waals surface area contributed by atoms with Crippen LogP contribution in [0.25, 0.3) is 16.8 Å². The molecule has 0 atom stereocenters. The molecular weight excluding hydrogens is 490 g/mol. The summed E-state index contributed by atoms with van der Waals surface area (Å²) < 4.78 is 7.03. The molecule has 1 aromatic heterocycles. The second-order valence-corrected chi connectivity index (χ2v) is 9.02. The third-order valence-corrected chi connectivity index (χ3v) is 6.45. The Kier molecular flexibility index (Phi) is 8.36. The number of rotatable bonds is 10. The second kappa shape index (κ2) is 11.8. The number of nitro groups is 1. The summed E-state index contributed by atoms with van der Waals surface area (Å²) >= 11 is 6.49. The lowest BCUT2D eigenvalue weighted by Crippen LogP contribution is -2.14. The monoisotopic (exact) mass is 517 g/mol. The molecule has 0 spiro atoms. The number of carbonyl (C=O) groups is 1. The van der Waals surface area contributed by atoms with E-state index in [9.17, 15) is 14.9 Å². The summed E-state index contributed by atoms with van der Waals surface area (Å²) in [5.74, 6) is -0.454. The second-order valence-electron chi connectivity index (χ2n) is 8.61. The highest BCUT2D eigenvalue weighted by Gasteiger charge is 2.26. The van der Waals surface area contributed by atoms with Gasteiger partial charge < -0.3 is 4.74 Å². The third-order valence-electron chi connectivity index (χ3n) is 6.13. The van der Waals surface area contributed by atoms with Crippen molar-refractivity contribution in [3.8, 4) is 16.8 Å². The maximum Gasteiger partial charge on any atom is 0.357 e. The van der Waals surface area contributed by atoms with E-state index in [0.29, 0.717) is 34.8 Å². The van der Waals surface area contributed by atoms with E-state index >= 15 is 0 Å². The smallest absolute Gasteiger partial charge is 0.357 e. The van der Waals surface area contributed by atoms with Gasteiger partial charge in [0.1, 0.15) is 0 Å². The molecule has 0 saturated carbocycles. The number of unbranched alkanes of at least 4 members (excludes halogenated alkanes) is 1. The van der Waals surface area contributed by atoms with E-state index < -0.39 is 5.97 Å². The van der Waals surface area contributed by atoms with Crippen LogP contribution in [0.1, 0.15) is 54.0 Å². The third kappa shape index (κ3) is 5.73. The van der Waals surface area contributed by atoms with Crippen LogP contribution in [0.4, 0.5) is 5.69 Å². The Morgan fingerprint density at radius 1 is 1.03 bits per heavy atom. The molecule has 0 saturated heterocycles. The summed E-state index contributed by atoms with van der Waals surface area (Å²) in [7, 11) is 0. The first-order valence-corrected chi connectivity index (χ1v) is 12.7. The molecule has 37 heavy (non-hydrogen) atoms. The number of benzene rings is 3. The fourth-order valence-corrected chi connectivity index (χ4v) is 4.53. The molecule has 4 rings (SSSR count). The maximum absolute atomic E-state index is 13.2. The van der Waals surface area contributed by atoms with E-state index in [0.717, 1.165) is 35.2 Å². The minimum absolute atomic E-state index is 0.0581. The number of halogens is 1. The zero-order valence-electron chi connectivity index (χ0n) is 20.8. The first kappa shape index (κ1) is 26.1. The number of aromatic nitrogens is 2. The molecule has 4 aromatic rings. The van der Waals surface area contributed by atoms with Crippen molar-refractivity contribution in [1.29, 1.82) is 0 Å².